The van der Waals surface area contributed by atoms with Crippen LogP contribution in [-0.4, -0.2) is 0 Å². The summed E-state index contributed by atoms with van der Waals surface area (Å²) in [5, 5.41) is 0. The fourth-order valence-corrected chi connectivity index (χ4v) is 3.89. The van der Waals surface area contributed by atoms with E-state index in [1.54, 1.807) is 50.3 Å². The number of rotatable bonds is 1. The minimum Gasteiger partial charge on any atom is -1.00 e. The maximum absolute atomic E-state index is 2.39. The van der Waals surface area contributed by atoms with Gasteiger partial charge in [-0.1, -0.05) is 0 Å². The van der Waals surface area contributed by atoms with Crippen molar-refractivity contribution < 1.29 is 49.5 Å². The molecule has 0 N–H and O–H groups in total. The second-order valence-electron chi connectivity index (χ2n) is 4.75. The van der Waals surface area contributed by atoms with E-state index < -0.39 is 0 Å². The van der Waals surface area contributed by atoms with Crippen molar-refractivity contribution in [2.24, 2.45) is 0 Å². The zero-order valence-corrected chi connectivity index (χ0v) is 14.7. The molecule has 2 rings (SSSR count). The average molecular weight is 347 g/mol. The van der Waals surface area contributed by atoms with Crippen LogP contribution in [0.5, 0.6) is 0 Å². The SMILES string of the molecule is CC1=C(C)CC(C2=[C]([Zr+2])CC(C)=C2C)=C1.[Cl-].[Cl-]. The molecular formula is C14H17Cl2Zr. The van der Waals surface area contributed by atoms with Gasteiger partial charge in [-0.25, -0.2) is 0 Å². The summed E-state index contributed by atoms with van der Waals surface area (Å²) in [7, 11) is 0. The van der Waals surface area contributed by atoms with Crippen molar-refractivity contribution in [2.75, 3.05) is 0 Å². The molecule has 0 fully saturated rings. The van der Waals surface area contributed by atoms with Gasteiger partial charge in [-0.05, 0) is 0 Å². The van der Waals surface area contributed by atoms with Gasteiger partial charge in [-0.15, -0.1) is 0 Å². The Kier molecular flexibility index (Phi) is 6.71. The Labute approximate surface area is 132 Å². The zero-order valence-electron chi connectivity index (χ0n) is 10.7. The van der Waals surface area contributed by atoms with Crippen LogP contribution >= 0.6 is 0 Å². The Bertz CT molecular complexity index is 451. The predicted molar refractivity (Wildman–Crippen MR) is 61.1 cm³/mol. The molecule has 0 spiro atoms. The minimum absolute atomic E-state index is 0. The third kappa shape index (κ3) is 3.25. The Morgan fingerprint density at radius 1 is 0.941 bits per heavy atom. The first kappa shape index (κ1) is 17.4. The van der Waals surface area contributed by atoms with Gasteiger partial charge in [0.15, 0.2) is 0 Å². The average Bonchev–Trinajstić information content (AvgIpc) is 2.57. The van der Waals surface area contributed by atoms with Gasteiger partial charge in [0.25, 0.3) is 0 Å². The second kappa shape index (κ2) is 6.55. The van der Waals surface area contributed by atoms with Crippen molar-refractivity contribution in [1.82, 2.24) is 0 Å². The van der Waals surface area contributed by atoms with E-state index in [-0.39, 0.29) is 24.8 Å². The number of allylic oxidation sites excluding steroid dienone is 8. The normalized spacial score (nSPS) is 19.5. The van der Waals surface area contributed by atoms with Crippen LogP contribution < -0.4 is 24.8 Å². The largest absolute Gasteiger partial charge is 1.00 e. The maximum Gasteiger partial charge on any atom is -1.00 e. The first-order valence-corrected chi connectivity index (χ1v) is 6.72. The molecule has 2 aliphatic carbocycles. The predicted octanol–water partition coefficient (Wildman–Crippen LogP) is -1.80. The Morgan fingerprint density at radius 2 is 1.53 bits per heavy atom. The van der Waals surface area contributed by atoms with Crippen LogP contribution in [0.1, 0.15) is 40.5 Å². The van der Waals surface area contributed by atoms with Crippen LogP contribution in [0.15, 0.2) is 42.8 Å². The van der Waals surface area contributed by atoms with Gasteiger partial charge in [0, 0.05) is 0 Å². The molecule has 0 heterocycles. The molecule has 0 aromatic rings. The van der Waals surface area contributed by atoms with Gasteiger partial charge >= 0.3 is 108 Å². The fourth-order valence-electron chi connectivity index (χ4n) is 2.38. The van der Waals surface area contributed by atoms with Gasteiger partial charge in [-0.3, -0.25) is 0 Å². The molecule has 3 heteroatoms. The van der Waals surface area contributed by atoms with Crippen molar-refractivity contribution in [3.05, 3.63) is 42.8 Å². The van der Waals surface area contributed by atoms with Crippen LogP contribution in [0.25, 0.3) is 0 Å². The van der Waals surface area contributed by atoms with Crippen LogP contribution in [0, 0.1) is 0 Å². The Hall–Kier alpha value is 0.423. The van der Waals surface area contributed by atoms with E-state index in [4.69, 9.17) is 0 Å². The van der Waals surface area contributed by atoms with E-state index in [1.807, 2.05) is 0 Å². The van der Waals surface area contributed by atoms with E-state index in [0.717, 1.165) is 0 Å². The number of hydrogen-bond donors (Lipinski definition) is 0. The minimum atomic E-state index is 0. The molecule has 2 aliphatic rings. The molecule has 0 atom stereocenters. The standard InChI is InChI=1S/C14H17.2ClH.Zr/c1-9-5-6-14(12(9)4)13-7-10(2)11(3)8-13;;;/h7H,5,8H2,1-4H3;2*1H;/q;;;+2/p-2. The van der Waals surface area contributed by atoms with Crippen molar-refractivity contribution in [1.29, 1.82) is 0 Å². The molecule has 0 unspecified atom stereocenters. The molecule has 0 aliphatic heterocycles. The molecule has 17 heavy (non-hydrogen) atoms. The number of halogens is 2. The summed E-state index contributed by atoms with van der Waals surface area (Å²) in [5.41, 5.74) is 9.26. The first-order chi connectivity index (χ1) is 7.00. The smallest absolute Gasteiger partial charge is 1.00 e. The van der Waals surface area contributed by atoms with Gasteiger partial charge in [-0.2, -0.15) is 0 Å². The van der Waals surface area contributed by atoms with Gasteiger partial charge < -0.3 is 24.8 Å². The van der Waals surface area contributed by atoms with E-state index in [0.29, 0.717) is 0 Å². The Morgan fingerprint density at radius 3 is 1.88 bits per heavy atom. The van der Waals surface area contributed by atoms with E-state index in [1.165, 1.54) is 24.0 Å². The van der Waals surface area contributed by atoms with Gasteiger partial charge in [0.1, 0.15) is 0 Å². The topological polar surface area (TPSA) is 0 Å². The molecule has 0 radical (unpaired) electrons. The monoisotopic (exact) mass is 345 g/mol. The van der Waals surface area contributed by atoms with Crippen LogP contribution in [0.4, 0.5) is 0 Å². The van der Waals surface area contributed by atoms with E-state index in [9.17, 15) is 0 Å². The quantitative estimate of drug-likeness (QED) is 0.525. The molecule has 0 saturated heterocycles. The maximum atomic E-state index is 2.39. The summed E-state index contributed by atoms with van der Waals surface area (Å²) in [6, 6.07) is 0. The summed E-state index contributed by atoms with van der Waals surface area (Å²) >= 11 is 1.59. The fraction of sp³-hybridized carbons (Fsp3) is 0.429. The molecule has 0 nitrogen and oxygen atoms in total. The summed E-state index contributed by atoms with van der Waals surface area (Å²) < 4.78 is 1.64. The second-order valence-corrected chi connectivity index (χ2v) is 6.23. The van der Waals surface area contributed by atoms with Crippen LogP contribution in [0.2, 0.25) is 0 Å². The van der Waals surface area contributed by atoms with E-state index in [2.05, 4.69) is 33.8 Å². The summed E-state index contributed by atoms with van der Waals surface area (Å²) in [5.74, 6) is 0. The molecular weight excluding hydrogens is 330 g/mol. The third-order valence-corrected chi connectivity index (χ3v) is 4.65. The van der Waals surface area contributed by atoms with Crippen molar-refractivity contribution in [3.8, 4) is 0 Å². The van der Waals surface area contributed by atoms with E-state index >= 15 is 0 Å². The van der Waals surface area contributed by atoms with Crippen molar-refractivity contribution in [3.63, 3.8) is 0 Å². The zero-order chi connectivity index (χ0) is 11.2. The summed E-state index contributed by atoms with van der Waals surface area (Å²) in [4.78, 5) is 0. The molecule has 91 valence electrons. The summed E-state index contributed by atoms with van der Waals surface area (Å²) in [6.45, 7) is 9.04. The first-order valence-electron chi connectivity index (χ1n) is 5.49. The van der Waals surface area contributed by atoms with Gasteiger partial charge in [0.2, 0.25) is 0 Å². The van der Waals surface area contributed by atoms with Crippen LogP contribution in [-0.2, 0) is 24.7 Å². The summed E-state index contributed by atoms with van der Waals surface area (Å²) in [6.07, 6.45) is 4.77. The number of hydrogen-bond acceptors (Lipinski definition) is 0. The molecule has 0 saturated carbocycles. The van der Waals surface area contributed by atoms with Crippen molar-refractivity contribution in [2.45, 2.75) is 40.5 Å². The molecule has 0 aromatic carbocycles. The third-order valence-electron chi connectivity index (χ3n) is 3.60. The van der Waals surface area contributed by atoms with Crippen molar-refractivity contribution >= 4 is 0 Å². The van der Waals surface area contributed by atoms with Gasteiger partial charge in [0.05, 0.1) is 0 Å². The Balaban J connectivity index is 0.00000128. The molecule has 0 aromatic heterocycles. The molecule has 0 amide bonds. The van der Waals surface area contributed by atoms with Crippen LogP contribution in [0.3, 0.4) is 0 Å². The molecule has 0 bridgehead atoms.